The highest BCUT2D eigenvalue weighted by Crippen LogP contribution is 2.47. The summed E-state index contributed by atoms with van der Waals surface area (Å²) in [7, 11) is 0. The van der Waals surface area contributed by atoms with E-state index in [1.165, 1.54) is 36.9 Å². The molecule has 1 aliphatic heterocycles. The van der Waals surface area contributed by atoms with Crippen molar-refractivity contribution in [3.8, 4) is 5.75 Å². The van der Waals surface area contributed by atoms with Crippen LogP contribution in [0.25, 0.3) is 0 Å². The molecule has 1 aromatic rings. The zero-order chi connectivity index (χ0) is 13.5. The molecule has 2 nitrogen and oxygen atoms in total. The molecule has 0 unspecified atom stereocenters. The molecule has 1 aromatic carbocycles. The molecule has 1 aliphatic carbocycles. The van der Waals surface area contributed by atoms with E-state index >= 15 is 0 Å². The van der Waals surface area contributed by atoms with E-state index in [0.29, 0.717) is 5.41 Å². The third kappa shape index (κ3) is 2.79. The normalized spacial score (nSPS) is 21.8. The second kappa shape index (κ2) is 4.52. The van der Waals surface area contributed by atoms with Crippen LogP contribution in [0.1, 0.15) is 51.2 Å². The minimum Gasteiger partial charge on any atom is -0.487 e. The van der Waals surface area contributed by atoms with Crippen LogP contribution in [0.3, 0.4) is 0 Å². The van der Waals surface area contributed by atoms with Crippen molar-refractivity contribution < 1.29 is 4.74 Å². The molecule has 1 fully saturated rings. The first-order valence-corrected chi connectivity index (χ1v) is 7.54. The smallest absolute Gasteiger partial charge is 0.123 e. The van der Waals surface area contributed by atoms with Crippen molar-refractivity contribution in [2.24, 2.45) is 5.41 Å². The van der Waals surface area contributed by atoms with E-state index in [1.54, 1.807) is 0 Å². The summed E-state index contributed by atoms with van der Waals surface area (Å²) in [5, 5.41) is 3.63. The van der Waals surface area contributed by atoms with Crippen molar-refractivity contribution in [1.82, 2.24) is 5.32 Å². The van der Waals surface area contributed by atoms with Crippen LogP contribution in [0.5, 0.6) is 5.75 Å². The lowest BCUT2D eigenvalue weighted by atomic mass is 10.00. The summed E-state index contributed by atoms with van der Waals surface area (Å²) in [4.78, 5) is 0. The first-order chi connectivity index (χ1) is 9.02. The summed E-state index contributed by atoms with van der Waals surface area (Å²) in [5.74, 6) is 1.07. The molecule has 0 saturated heterocycles. The molecule has 2 aliphatic rings. The second-order valence-corrected chi connectivity index (χ2v) is 6.94. The number of benzene rings is 1. The molecule has 104 valence electrons. The minimum absolute atomic E-state index is 0.0331. The average Bonchev–Trinajstić information content (AvgIpc) is 3.05. The van der Waals surface area contributed by atoms with Crippen LogP contribution in [0.4, 0.5) is 0 Å². The molecule has 2 heteroatoms. The summed E-state index contributed by atoms with van der Waals surface area (Å²) in [5.41, 5.74) is 3.34. The average molecular weight is 259 g/mol. The van der Waals surface area contributed by atoms with Crippen molar-refractivity contribution in [3.63, 3.8) is 0 Å². The number of fused-ring (bicyclic) bond motifs is 1. The first-order valence-electron chi connectivity index (χ1n) is 7.54. The van der Waals surface area contributed by atoms with Gasteiger partial charge < -0.3 is 10.1 Å². The quantitative estimate of drug-likeness (QED) is 0.871. The molecule has 1 N–H and O–H groups in total. The fourth-order valence-corrected chi connectivity index (χ4v) is 3.08. The van der Waals surface area contributed by atoms with Gasteiger partial charge >= 0.3 is 0 Å². The summed E-state index contributed by atoms with van der Waals surface area (Å²) >= 11 is 0. The maximum Gasteiger partial charge on any atom is 0.123 e. The van der Waals surface area contributed by atoms with Gasteiger partial charge in [0.15, 0.2) is 0 Å². The van der Waals surface area contributed by atoms with Crippen molar-refractivity contribution in [3.05, 3.63) is 29.3 Å². The Hall–Kier alpha value is -1.02. The predicted octanol–water partition coefficient (Wildman–Crippen LogP) is 3.68. The Kier molecular flexibility index (Phi) is 3.09. The maximum atomic E-state index is 5.91. The van der Waals surface area contributed by atoms with Gasteiger partial charge in [-0.05, 0) is 55.7 Å². The first kappa shape index (κ1) is 13.0. The summed E-state index contributed by atoms with van der Waals surface area (Å²) in [6.45, 7) is 8.77. The Bertz CT molecular complexity index is 474. The van der Waals surface area contributed by atoms with Gasteiger partial charge in [0.2, 0.25) is 0 Å². The van der Waals surface area contributed by atoms with Gasteiger partial charge in [-0.3, -0.25) is 0 Å². The van der Waals surface area contributed by atoms with Crippen molar-refractivity contribution in [1.29, 1.82) is 0 Å². The van der Waals surface area contributed by atoms with Crippen LogP contribution in [-0.4, -0.2) is 12.1 Å². The standard InChI is InChI=1S/C17H25NO/c1-4-17(7-8-17)12-18-11-13-5-6-15-14(9-13)10-16(2,3)19-15/h5-6,9,18H,4,7-8,10-12H2,1-3H3. The Labute approximate surface area is 116 Å². The number of nitrogens with one attached hydrogen (secondary N) is 1. The lowest BCUT2D eigenvalue weighted by Crippen LogP contribution is -2.24. The van der Waals surface area contributed by atoms with Gasteiger partial charge in [-0.1, -0.05) is 19.1 Å². The molecule has 1 saturated carbocycles. The monoisotopic (exact) mass is 259 g/mol. The largest absolute Gasteiger partial charge is 0.487 e. The van der Waals surface area contributed by atoms with Gasteiger partial charge in [0.05, 0.1) is 0 Å². The molecular weight excluding hydrogens is 234 g/mol. The molecule has 0 aromatic heterocycles. The molecule has 3 rings (SSSR count). The SMILES string of the molecule is CCC1(CNCc2ccc3c(c2)CC(C)(C)O3)CC1. The predicted molar refractivity (Wildman–Crippen MR) is 78.5 cm³/mol. The van der Waals surface area contributed by atoms with Crippen LogP contribution >= 0.6 is 0 Å². The van der Waals surface area contributed by atoms with Gasteiger partial charge in [0, 0.05) is 19.5 Å². The number of rotatable bonds is 5. The highest BCUT2D eigenvalue weighted by Gasteiger charge is 2.39. The Morgan fingerprint density at radius 3 is 2.74 bits per heavy atom. The van der Waals surface area contributed by atoms with Crippen LogP contribution in [0, 0.1) is 5.41 Å². The van der Waals surface area contributed by atoms with E-state index in [0.717, 1.165) is 18.7 Å². The molecule has 1 heterocycles. The van der Waals surface area contributed by atoms with Crippen molar-refractivity contribution >= 4 is 0 Å². The van der Waals surface area contributed by atoms with Crippen LogP contribution < -0.4 is 10.1 Å². The van der Waals surface area contributed by atoms with E-state index in [-0.39, 0.29) is 5.60 Å². The lowest BCUT2D eigenvalue weighted by Gasteiger charge is -2.16. The van der Waals surface area contributed by atoms with Crippen molar-refractivity contribution in [2.45, 2.75) is 58.6 Å². The van der Waals surface area contributed by atoms with E-state index in [9.17, 15) is 0 Å². The third-order valence-corrected chi connectivity index (χ3v) is 4.66. The fraction of sp³-hybridized carbons (Fsp3) is 0.647. The highest BCUT2D eigenvalue weighted by atomic mass is 16.5. The summed E-state index contributed by atoms with van der Waals surface area (Å²) < 4.78 is 5.91. The van der Waals surface area contributed by atoms with E-state index in [4.69, 9.17) is 4.74 Å². The maximum absolute atomic E-state index is 5.91. The zero-order valence-electron chi connectivity index (χ0n) is 12.4. The number of hydrogen-bond acceptors (Lipinski definition) is 2. The van der Waals surface area contributed by atoms with Gasteiger partial charge in [0.1, 0.15) is 11.4 Å². The van der Waals surface area contributed by atoms with Crippen LogP contribution in [-0.2, 0) is 13.0 Å². The van der Waals surface area contributed by atoms with E-state index in [1.807, 2.05) is 0 Å². The van der Waals surface area contributed by atoms with Gasteiger partial charge in [-0.2, -0.15) is 0 Å². The van der Waals surface area contributed by atoms with Crippen LogP contribution in [0.15, 0.2) is 18.2 Å². The molecule has 0 amide bonds. The Morgan fingerprint density at radius 1 is 1.26 bits per heavy atom. The van der Waals surface area contributed by atoms with Crippen molar-refractivity contribution in [2.75, 3.05) is 6.54 Å². The topological polar surface area (TPSA) is 21.3 Å². The lowest BCUT2D eigenvalue weighted by molar-refractivity contribution is 0.138. The zero-order valence-corrected chi connectivity index (χ0v) is 12.4. The number of ether oxygens (including phenoxy) is 1. The van der Waals surface area contributed by atoms with Crippen LogP contribution in [0.2, 0.25) is 0 Å². The van der Waals surface area contributed by atoms with E-state index in [2.05, 4.69) is 44.3 Å². The molecular formula is C17H25NO. The number of hydrogen-bond donors (Lipinski definition) is 1. The fourth-order valence-electron chi connectivity index (χ4n) is 3.08. The minimum atomic E-state index is -0.0331. The Morgan fingerprint density at radius 2 is 2.05 bits per heavy atom. The Balaban J connectivity index is 1.58. The van der Waals surface area contributed by atoms with E-state index < -0.39 is 0 Å². The molecule has 19 heavy (non-hydrogen) atoms. The third-order valence-electron chi connectivity index (χ3n) is 4.66. The molecule has 0 atom stereocenters. The summed E-state index contributed by atoms with van der Waals surface area (Å²) in [6.07, 6.45) is 5.15. The van der Waals surface area contributed by atoms with Gasteiger partial charge in [0.25, 0.3) is 0 Å². The van der Waals surface area contributed by atoms with Gasteiger partial charge in [-0.25, -0.2) is 0 Å². The molecule has 0 bridgehead atoms. The summed E-state index contributed by atoms with van der Waals surface area (Å²) in [6, 6.07) is 6.63. The second-order valence-electron chi connectivity index (χ2n) is 6.94. The van der Waals surface area contributed by atoms with Gasteiger partial charge in [-0.15, -0.1) is 0 Å². The molecule has 0 spiro atoms. The highest BCUT2D eigenvalue weighted by molar-refractivity contribution is 5.41. The molecule has 0 radical (unpaired) electrons.